The molecular formula is C12H15N3S. The topological polar surface area (TPSA) is 50.9 Å². The van der Waals surface area contributed by atoms with Gasteiger partial charge < -0.3 is 0 Å². The maximum Gasteiger partial charge on any atom is 0.0795 e. The first-order chi connectivity index (χ1) is 7.79. The molecule has 2 rings (SSSR count). The summed E-state index contributed by atoms with van der Waals surface area (Å²) in [6.07, 6.45) is 0.862. The molecule has 3 N–H and O–H groups in total. The molecule has 0 radical (unpaired) electrons. The van der Waals surface area contributed by atoms with E-state index in [4.69, 9.17) is 5.84 Å². The van der Waals surface area contributed by atoms with Gasteiger partial charge in [-0.2, -0.15) is 0 Å². The van der Waals surface area contributed by atoms with Gasteiger partial charge in [-0.25, -0.2) is 4.98 Å². The molecule has 0 saturated heterocycles. The van der Waals surface area contributed by atoms with Crippen LogP contribution in [0.4, 0.5) is 0 Å². The number of benzene rings is 1. The number of aryl methyl sites for hydroxylation is 1. The van der Waals surface area contributed by atoms with Gasteiger partial charge >= 0.3 is 0 Å². The average molecular weight is 233 g/mol. The van der Waals surface area contributed by atoms with Crippen LogP contribution < -0.4 is 11.3 Å². The van der Waals surface area contributed by atoms with Gasteiger partial charge in [0.15, 0.2) is 0 Å². The number of rotatable bonds is 4. The average Bonchev–Trinajstić information content (AvgIpc) is 2.82. The van der Waals surface area contributed by atoms with Crippen molar-refractivity contribution in [2.75, 3.05) is 0 Å². The molecule has 1 heterocycles. The van der Waals surface area contributed by atoms with Crippen LogP contribution in [-0.2, 0) is 6.42 Å². The van der Waals surface area contributed by atoms with Gasteiger partial charge in [0, 0.05) is 5.38 Å². The Morgan fingerprint density at radius 2 is 2.12 bits per heavy atom. The zero-order chi connectivity index (χ0) is 11.4. The summed E-state index contributed by atoms with van der Waals surface area (Å²) in [7, 11) is 0. The lowest BCUT2D eigenvalue weighted by atomic mass is 10.0. The zero-order valence-corrected chi connectivity index (χ0v) is 10.00. The van der Waals surface area contributed by atoms with E-state index in [1.54, 1.807) is 11.3 Å². The van der Waals surface area contributed by atoms with Gasteiger partial charge in [0.05, 0.1) is 17.2 Å². The number of hydrogen-bond acceptors (Lipinski definition) is 4. The molecule has 0 saturated carbocycles. The monoisotopic (exact) mass is 233 g/mol. The van der Waals surface area contributed by atoms with Crippen molar-refractivity contribution in [2.45, 2.75) is 19.4 Å². The van der Waals surface area contributed by atoms with Crippen molar-refractivity contribution < 1.29 is 0 Å². The highest BCUT2D eigenvalue weighted by Gasteiger charge is 2.11. The summed E-state index contributed by atoms with van der Waals surface area (Å²) in [5, 5.41) is 2.03. The van der Waals surface area contributed by atoms with Crippen LogP contribution in [0.3, 0.4) is 0 Å². The number of aromatic nitrogens is 1. The predicted molar refractivity (Wildman–Crippen MR) is 67.1 cm³/mol. The number of nitrogens with zero attached hydrogens (tertiary/aromatic N) is 1. The Morgan fingerprint density at radius 3 is 2.69 bits per heavy atom. The smallest absolute Gasteiger partial charge is 0.0795 e. The first kappa shape index (κ1) is 11.3. The minimum atomic E-state index is 0.0916. The fourth-order valence-corrected chi connectivity index (χ4v) is 2.21. The summed E-state index contributed by atoms with van der Waals surface area (Å²) in [6, 6.07) is 8.58. The third kappa shape index (κ3) is 2.66. The Morgan fingerprint density at radius 1 is 1.38 bits per heavy atom. The maximum atomic E-state index is 5.56. The molecular weight excluding hydrogens is 218 g/mol. The summed E-state index contributed by atoms with van der Waals surface area (Å²) in [5.41, 5.74) is 8.19. The number of hydrazine groups is 1. The Bertz CT molecular complexity index is 422. The van der Waals surface area contributed by atoms with Crippen molar-refractivity contribution in [3.05, 3.63) is 52.0 Å². The van der Waals surface area contributed by atoms with Crippen LogP contribution in [0.15, 0.2) is 35.2 Å². The van der Waals surface area contributed by atoms with Crippen LogP contribution in [0.25, 0.3) is 0 Å². The molecule has 0 aliphatic rings. The summed E-state index contributed by atoms with van der Waals surface area (Å²) < 4.78 is 0. The molecule has 1 aromatic heterocycles. The number of nitrogens with two attached hydrogens (primary N) is 1. The van der Waals surface area contributed by atoms with Crippen molar-refractivity contribution >= 4 is 11.3 Å². The van der Waals surface area contributed by atoms with Crippen molar-refractivity contribution in [3.63, 3.8) is 0 Å². The van der Waals surface area contributed by atoms with Crippen LogP contribution in [0.5, 0.6) is 0 Å². The minimum absolute atomic E-state index is 0.0916. The van der Waals surface area contributed by atoms with E-state index in [1.165, 1.54) is 11.1 Å². The maximum absolute atomic E-state index is 5.56. The van der Waals surface area contributed by atoms with E-state index in [-0.39, 0.29) is 6.04 Å². The van der Waals surface area contributed by atoms with E-state index in [1.807, 2.05) is 10.9 Å². The first-order valence-electron chi connectivity index (χ1n) is 5.19. The van der Waals surface area contributed by atoms with Crippen molar-refractivity contribution in [1.82, 2.24) is 10.4 Å². The molecule has 0 spiro atoms. The molecule has 16 heavy (non-hydrogen) atoms. The highest BCUT2D eigenvalue weighted by atomic mass is 32.1. The van der Waals surface area contributed by atoms with Gasteiger partial charge in [-0.05, 0) is 18.9 Å². The standard InChI is InChI=1S/C12H15N3S/c1-9-2-4-10(5-3-9)6-11(15-13)12-7-16-8-14-12/h2-5,7-8,11,15H,6,13H2,1H3. The normalized spacial score (nSPS) is 12.6. The SMILES string of the molecule is Cc1ccc(CC(NN)c2cscn2)cc1. The van der Waals surface area contributed by atoms with Crippen molar-refractivity contribution in [2.24, 2.45) is 5.84 Å². The second kappa shape index (κ2) is 5.21. The number of nitrogens with one attached hydrogen (secondary N) is 1. The van der Waals surface area contributed by atoms with Gasteiger partial charge in [-0.1, -0.05) is 29.8 Å². The molecule has 1 aromatic carbocycles. The fraction of sp³-hybridized carbons (Fsp3) is 0.250. The molecule has 1 unspecified atom stereocenters. The molecule has 84 valence electrons. The minimum Gasteiger partial charge on any atom is -0.271 e. The van der Waals surface area contributed by atoms with Crippen LogP contribution in [0.1, 0.15) is 22.9 Å². The lowest BCUT2D eigenvalue weighted by molar-refractivity contribution is 0.541. The van der Waals surface area contributed by atoms with E-state index in [9.17, 15) is 0 Å². The van der Waals surface area contributed by atoms with Crippen LogP contribution in [0.2, 0.25) is 0 Å². The number of thiazole rings is 1. The summed E-state index contributed by atoms with van der Waals surface area (Å²) >= 11 is 1.59. The van der Waals surface area contributed by atoms with Crippen LogP contribution >= 0.6 is 11.3 Å². The van der Waals surface area contributed by atoms with Gasteiger partial charge in [0.25, 0.3) is 0 Å². The van der Waals surface area contributed by atoms with E-state index in [0.717, 1.165) is 12.1 Å². The second-order valence-corrected chi connectivity index (χ2v) is 4.54. The van der Waals surface area contributed by atoms with E-state index in [2.05, 4.69) is 41.6 Å². The molecule has 0 fully saturated rings. The molecule has 1 atom stereocenters. The molecule has 0 amide bonds. The van der Waals surface area contributed by atoms with Gasteiger partial charge in [0.2, 0.25) is 0 Å². The van der Waals surface area contributed by atoms with E-state index < -0.39 is 0 Å². The zero-order valence-electron chi connectivity index (χ0n) is 9.18. The third-order valence-electron chi connectivity index (χ3n) is 2.57. The molecule has 0 aliphatic carbocycles. The highest BCUT2D eigenvalue weighted by Crippen LogP contribution is 2.17. The third-order valence-corrected chi connectivity index (χ3v) is 3.17. The Labute approximate surface area is 99.3 Å². The van der Waals surface area contributed by atoms with E-state index >= 15 is 0 Å². The quantitative estimate of drug-likeness (QED) is 0.629. The van der Waals surface area contributed by atoms with Crippen molar-refractivity contribution in [3.8, 4) is 0 Å². The molecule has 3 nitrogen and oxygen atoms in total. The Balaban J connectivity index is 2.10. The lowest BCUT2D eigenvalue weighted by Crippen LogP contribution is -2.29. The molecule has 2 aromatic rings. The largest absolute Gasteiger partial charge is 0.271 e. The summed E-state index contributed by atoms with van der Waals surface area (Å²) in [6.45, 7) is 2.09. The van der Waals surface area contributed by atoms with Crippen LogP contribution in [-0.4, -0.2) is 4.98 Å². The Kier molecular flexibility index (Phi) is 3.66. The lowest BCUT2D eigenvalue weighted by Gasteiger charge is -2.13. The molecule has 4 heteroatoms. The van der Waals surface area contributed by atoms with Gasteiger partial charge in [0.1, 0.15) is 0 Å². The highest BCUT2D eigenvalue weighted by molar-refractivity contribution is 7.07. The van der Waals surface area contributed by atoms with Gasteiger partial charge in [-0.15, -0.1) is 11.3 Å². The second-order valence-electron chi connectivity index (χ2n) is 3.82. The first-order valence-corrected chi connectivity index (χ1v) is 6.13. The predicted octanol–water partition coefficient (Wildman–Crippen LogP) is 2.20. The summed E-state index contributed by atoms with van der Waals surface area (Å²) in [4.78, 5) is 4.28. The van der Waals surface area contributed by atoms with Crippen LogP contribution in [0, 0.1) is 6.92 Å². The fourth-order valence-electron chi connectivity index (χ4n) is 1.60. The number of hydrogen-bond donors (Lipinski definition) is 2. The summed E-state index contributed by atoms with van der Waals surface area (Å²) in [5.74, 6) is 5.56. The Hall–Kier alpha value is -1.23. The van der Waals surface area contributed by atoms with Crippen molar-refractivity contribution in [1.29, 1.82) is 0 Å². The molecule has 0 bridgehead atoms. The van der Waals surface area contributed by atoms with Gasteiger partial charge in [-0.3, -0.25) is 11.3 Å². The van der Waals surface area contributed by atoms with E-state index in [0.29, 0.717) is 0 Å². The molecule has 0 aliphatic heterocycles.